The first kappa shape index (κ1) is 14.0. The molecule has 4 heteroatoms. The first-order valence-corrected chi connectivity index (χ1v) is 6.50. The van der Waals surface area contributed by atoms with Crippen molar-refractivity contribution in [3.05, 3.63) is 29.8 Å². The van der Waals surface area contributed by atoms with Gasteiger partial charge in [-0.15, -0.1) is 0 Å². The van der Waals surface area contributed by atoms with E-state index in [1.165, 1.54) is 12.7 Å². The number of hydrogen-bond acceptors (Lipinski definition) is 3. The van der Waals surface area contributed by atoms with Crippen molar-refractivity contribution in [1.29, 1.82) is 0 Å². The first-order valence-electron chi connectivity index (χ1n) is 5.58. The molecule has 0 spiro atoms. The fraction of sp³-hybridized carbons (Fsp3) is 0.462. The zero-order valence-corrected chi connectivity index (χ0v) is 11.7. The Hall–Kier alpha value is -1.03. The average Bonchev–Trinajstić information content (AvgIpc) is 2.31. The highest BCUT2D eigenvalue weighted by Crippen LogP contribution is 2.17. The van der Waals surface area contributed by atoms with Gasteiger partial charge in [0, 0.05) is 4.83 Å². The van der Waals surface area contributed by atoms with Gasteiger partial charge in [0.1, 0.15) is 5.75 Å². The van der Waals surface area contributed by atoms with E-state index in [4.69, 9.17) is 4.74 Å². The fourth-order valence-corrected chi connectivity index (χ4v) is 2.12. The molecule has 1 unspecified atom stereocenters. The van der Waals surface area contributed by atoms with E-state index in [1.807, 2.05) is 31.2 Å². The lowest BCUT2D eigenvalue weighted by Crippen LogP contribution is -2.11. The number of ether oxygens (including phenoxy) is 2. The lowest BCUT2D eigenvalue weighted by molar-refractivity contribution is -0.140. The molecule has 0 saturated heterocycles. The van der Waals surface area contributed by atoms with Crippen LogP contribution in [0.5, 0.6) is 5.75 Å². The highest BCUT2D eigenvalue weighted by atomic mass is 79.9. The van der Waals surface area contributed by atoms with E-state index in [0.717, 1.165) is 12.2 Å². The third-order valence-corrected chi connectivity index (χ3v) is 2.95. The highest BCUT2D eigenvalue weighted by Gasteiger charge is 2.11. The normalized spacial score (nSPS) is 11.9. The number of esters is 1. The summed E-state index contributed by atoms with van der Waals surface area (Å²) in [6.45, 7) is 2.63. The Bertz CT molecular complexity index is 348. The van der Waals surface area contributed by atoms with Gasteiger partial charge in [-0.3, -0.25) is 4.79 Å². The third kappa shape index (κ3) is 5.22. The van der Waals surface area contributed by atoms with Gasteiger partial charge in [0.05, 0.1) is 20.1 Å². The van der Waals surface area contributed by atoms with Gasteiger partial charge in [-0.1, -0.05) is 28.1 Å². The standard InChI is InChI=1S/C13H17BrO3/c1-3-17-12-6-4-10(5-7-12)8-11(14)9-13(15)16-2/h4-7,11H,3,8-9H2,1-2H3. The molecule has 1 aromatic rings. The molecule has 0 amide bonds. The number of carbonyl (C=O) groups is 1. The summed E-state index contributed by atoms with van der Waals surface area (Å²) in [6, 6.07) is 7.90. The first-order chi connectivity index (χ1) is 8.15. The number of alkyl halides is 1. The molecule has 0 fully saturated rings. The van der Waals surface area contributed by atoms with E-state index >= 15 is 0 Å². The summed E-state index contributed by atoms with van der Waals surface area (Å²) < 4.78 is 9.98. The number of halogens is 1. The molecule has 0 aliphatic carbocycles. The van der Waals surface area contributed by atoms with Crippen LogP contribution in [0.15, 0.2) is 24.3 Å². The lowest BCUT2D eigenvalue weighted by atomic mass is 10.1. The molecule has 17 heavy (non-hydrogen) atoms. The minimum absolute atomic E-state index is 0.105. The third-order valence-electron chi connectivity index (χ3n) is 2.31. The van der Waals surface area contributed by atoms with Gasteiger partial charge in [0.15, 0.2) is 0 Å². The Balaban J connectivity index is 2.48. The van der Waals surface area contributed by atoms with Crippen molar-refractivity contribution < 1.29 is 14.3 Å². The van der Waals surface area contributed by atoms with E-state index < -0.39 is 0 Å². The summed E-state index contributed by atoms with van der Waals surface area (Å²) in [5.41, 5.74) is 1.17. The second-order valence-corrected chi connectivity index (χ2v) is 4.95. The molecule has 0 aromatic heterocycles. The fourth-order valence-electron chi connectivity index (χ4n) is 1.48. The summed E-state index contributed by atoms with van der Waals surface area (Å²) in [6.07, 6.45) is 1.17. The number of benzene rings is 1. The summed E-state index contributed by atoms with van der Waals surface area (Å²) in [7, 11) is 1.40. The van der Waals surface area contributed by atoms with E-state index in [-0.39, 0.29) is 10.8 Å². The second-order valence-electron chi connectivity index (χ2n) is 3.66. The average molecular weight is 301 g/mol. The Morgan fingerprint density at radius 1 is 1.35 bits per heavy atom. The van der Waals surface area contributed by atoms with Gasteiger partial charge in [-0.25, -0.2) is 0 Å². The Morgan fingerprint density at radius 3 is 2.53 bits per heavy atom. The molecule has 1 atom stereocenters. The van der Waals surface area contributed by atoms with Crippen LogP contribution in [0.25, 0.3) is 0 Å². The maximum Gasteiger partial charge on any atom is 0.306 e. The molecular formula is C13H17BrO3. The van der Waals surface area contributed by atoms with Gasteiger partial charge < -0.3 is 9.47 Å². The van der Waals surface area contributed by atoms with Crippen molar-refractivity contribution in [3.8, 4) is 5.75 Å². The molecular weight excluding hydrogens is 284 g/mol. The van der Waals surface area contributed by atoms with E-state index in [1.54, 1.807) is 0 Å². The number of hydrogen-bond donors (Lipinski definition) is 0. The van der Waals surface area contributed by atoms with E-state index in [0.29, 0.717) is 13.0 Å². The smallest absolute Gasteiger partial charge is 0.306 e. The molecule has 3 nitrogen and oxygen atoms in total. The van der Waals surface area contributed by atoms with Gasteiger partial charge in [0.2, 0.25) is 0 Å². The van der Waals surface area contributed by atoms with Crippen LogP contribution in [0.3, 0.4) is 0 Å². The topological polar surface area (TPSA) is 35.5 Å². The van der Waals surface area contributed by atoms with Crippen LogP contribution < -0.4 is 4.74 Å². The molecule has 1 aromatic carbocycles. The van der Waals surface area contributed by atoms with Crippen molar-refractivity contribution in [1.82, 2.24) is 0 Å². The van der Waals surface area contributed by atoms with Gasteiger partial charge in [-0.05, 0) is 31.0 Å². The molecule has 0 heterocycles. The van der Waals surface area contributed by atoms with Gasteiger partial charge in [0.25, 0.3) is 0 Å². The van der Waals surface area contributed by atoms with E-state index in [2.05, 4.69) is 20.7 Å². The largest absolute Gasteiger partial charge is 0.494 e. The van der Waals surface area contributed by atoms with Crippen molar-refractivity contribution in [3.63, 3.8) is 0 Å². The Morgan fingerprint density at radius 2 is 2.00 bits per heavy atom. The SMILES string of the molecule is CCOc1ccc(CC(Br)CC(=O)OC)cc1. The van der Waals surface area contributed by atoms with E-state index in [9.17, 15) is 4.79 Å². The molecule has 94 valence electrons. The lowest BCUT2D eigenvalue weighted by Gasteiger charge is -2.09. The predicted octanol–water partition coefficient (Wildman–Crippen LogP) is 2.95. The molecule has 0 bridgehead atoms. The quantitative estimate of drug-likeness (QED) is 0.598. The van der Waals surface area contributed by atoms with Crippen LogP contribution in [-0.2, 0) is 16.0 Å². The summed E-state index contributed by atoms with van der Waals surface area (Å²) >= 11 is 3.47. The number of carbonyl (C=O) groups excluding carboxylic acids is 1. The molecule has 0 aliphatic heterocycles. The van der Waals surface area contributed by atoms with Crippen LogP contribution in [0.2, 0.25) is 0 Å². The Kier molecular flexibility index (Phi) is 6.05. The minimum atomic E-state index is -0.196. The maximum atomic E-state index is 11.1. The predicted molar refractivity (Wildman–Crippen MR) is 70.7 cm³/mol. The van der Waals surface area contributed by atoms with Gasteiger partial charge >= 0.3 is 5.97 Å². The molecule has 0 saturated carbocycles. The van der Waals surface area contributed by atoms with Crippen molar-refractivity contribution in [2.45, 2.75) is 24.6 Å². The minimum Gasteiger partial charge on any atom is -0.494 e. The molecule has 0 radical (unpaired) electrons. The number of methoxy groups -OCH3 is 1. The van der Waals surface area contributed by atoms with Gasteiger partial charge in [-0.2, -0.15) is 0 Å². The number of rotatable bonds is 6. The summed E-state index contributed by atoms with van der Waals surface area (Å²) in [5.74, 6) is 0.674. The molecule has 0 aliphatic rings. The molecule has 1 rings (SSSR count). The van der Waals surface area contributed by atoms with Crippen molar-refractivity contribution in [2.75, 3.05) is 13.7 Å². The van der Waals surface area contributed by atoms with Crippen LogP contribution >= 0.6 is 15.9 Å². The summed E-state index contributed by atoms with van der Waals surface area (Å²) in [4.78, 5) is 11.2. The zero-order chi connectivity index (χ0) is 12.7. The van der Waals surface area contributed by atoms with Crippen molar-refractivity contribution >= 4 is 21.9 Å². The van der Waals surface area contributed by atoms with Crippen LogP contribution in [0, 0.1) is 0 Å². The zero-order valence-electron chi connectivity index (χ0n) is 10.1. The monoisotopic (exact) mass is 300 g/mol. The Labute approximate surface area is 110 Å². The summed E-state index contributed by atoms with van der Waals surface area (Å²) in [5, 5.41) is 0. The second kappa shape index (κ2) is 7.33. The molecule has 0 N–H and O–H groups in total. The van der Waals surface area contributed by atoms with Crippen LogP contribution in [0.1, 0.15) is 18.9 Å². The highest BCUT2D eigenvalue weighted by molar-refractivity contribution is 9.09. The van der Waals surface area contributed by atoms with Crippen molar-refractivity contribution in [2.24, 2.45) is 0 Å². The van der Waals surface area contributed by atoms with Crippen LogP contribution in [-0.4, -0.2) is 24.5 Å². The maximum absolute atomic E-state index is 11.1. The van der Waals surface area contributed by atoms with Crippen LogP contribution in [0.4, 0.5) is 0 Å².